The van der Waals surface area contributed by atoms with E-state index in [4.69, 9.17) is 92.8 Å². The zero-order valence-corrected chi connectivity index (χ0v) is 40.0. The molecule has 0 N–H and O–H groups in total. The molecule has 0 heterocycles. The highest BCUT2D eigenvalue weighted by Gasteiger charge is 2.13. The molecule has 14 heteroatoms. The van der Waals surface area contributed by atoms with Gasteiger partial charge in [0, 0.05) is 47.0 Å². The maximum absolute atomic E-state index is 6.05. The molecule has 0 aliphatic rings. The molecule has 54 heavy (non-hydrogen) atoms. The minimum absolute atomic E-state index is 0.713. The minimum atomic E-state index is 0.713. The van der Waals surface area contributed by atoms with Crippen molar-refractivity contribution in [1.82, 2.24) is 29.4 Å². The fraction of sp³-hybridized carbons (Fsp3) is 1.00. The van der Waals surface area contributed by atoms with Crippen molar-refractivity contribution < 1.29 is 0 Å². The number of unbranched alkanes of at least 4 members (excludes halogenated alkanes) is 1. The lowest BCUT2D eigenvalue weighted by Crippen LogP contribution is -2.36. The summed E-state index contributed by atoms with van der Waals surface area (Å²) in [5.41, 5.74) is 0. The van der Waals surface area contributed by atoms with Gasteiger partial charge in [-0.15, -0.1) is 92.8 Å². The number of hydrogen-bond acceptors (Lipinski definition) is 6. The zero-order chi connectivity index (χ0) is 39.7. The highest BCUT2D eigenvalue weighted by atomic mass is 35.5. The van der Waals surface area contributed by atoms with E-state index < -0.39 is 0 Å². The smallest absolute Gasteiger partial charge is 0.0235 e. The van der Waals surface area contributed by atoms with Crippen LogP contribution in [0, 0.1) is 0 Å². The lowest BCUT2D eigenvalue weighted by atomic mass is 10.2. The quantitative estimate of drug-likeness (QED) is 0.0445. The van der Waals surface area contributed by atoms with Gasteiger partial charge in [-0.3, -0.25) is 0 Å². The van der Waals surface area contributed by atoms with E-state index in [0.29, 0.717) is 47.0 Å². The van der Waals surface area contributed by atoms with E-state index in [1.165, 1.54) is 38.5 Å². The van der Waals surface area contributed by atoms with Crippen molar-refractivity contribution in [2.24, 2.45) is 0 Å². The van der Waals surface area contributed by atoms with Crippen LogP contribution in [0.5, 0.6) is 0 Å². The molecular formula is C40H80Cl8N6. The summed E-state index contributed by atoms with van der Waals surface area (Å²) in [6.45, 7) is 19.7. The van der Waals surface area contributed by atoms with Gasteiger partial charge in [-0.1, -0.05) is 0 Å². The summed E-state index contributed by atoms with van der Waals surface area (Å²) >= 11 is 48.4. The summed E-state index contributed by atoms with van der Waals surface area (Å²) in [6.07, 6.45) is 15.4. The SMILES string of the molecule is ClCCCN(CCCCl)CCCN(CCCCN(CCCN(CCCCl)CCCCl)CCCN(CCCCl)CCCCl)CCCN(CCCCl)CCCCl. The molecule has 0 spiro atoms. The van der Waals surface area contributed by atoms with Crippen LogP contribution in [0.25, 0.3) is 0 Å². The van der Waals surface area contributed by atoms with E-state index in [9.17, 15) is 0 Å². The van der Waals surface area contributed by atoms with E-state index in [0.717, 1.165) is 169 Å². The Bertz CT molecular complexity index is 596. The third-order valence-corrected chi connectivity index (χ3v) is 12.0. The molecule has 0 saturated heterocycles. The Hall–Kier alpha value is 2.08. The van der Waals surface area contributed by atoms with Crippen LogP contribution in [0.15, 0.2) is 0 Å². The molecule has 0 aromatic carbocycles. The van der Waals surface area contributed by atoms with Gasteiger partial charge in [0.15, 0.2) is 0 Å². The Morgan fingerprint density at radius 3 is 0.389 bits per heavy atom. The third kappa shape index (κ3) is 36.0. The Labute approximate surface area is 374 Å². The van der Waals surface area contributed by atoms with Crippen molar-refractivity contribution in [2.45, 2.75) is 89.9 Å². The van der Waals surface area contributed by atoms with Crippen LogP contribution in [-0.4, -0.2) is 194 Å². The van der Waals surface area contributed by atoms with Gasteiger partial charge in [-0.25, -0.2) is 0 Å². The number of nitrogens with zero attached hydrogens (tertiary/aromatic N) is 6. The van der Waals surface area contributed by atoms with E-state index in [2.05, 4.69) is 29.4 Å². The first-order valence-corrected chi connectivity index (χ1v) is 25.6. The van der Waals surface area contributed by atoms with Crippen LogP contribution in [0.2, 0.25) is 0 Å². The molecule has 0 aromatic rings. The second-order valence-electron chi connectivity index (χ2n) is 14.5. The molecule has 0 aliphatic carbocycles. The van der Waals surface area contributed by atoms with Crippen LogP contribution < -0.4 is 0 Å². The Kier molecular flexibility index (Phi) is 46.3. The lowest BCUT2D eigenvalue weighted by molar-refractivity contribution is 0.192. The highest BCUT2D eigenvalue weighted by molar-refractivity contribution is 6.19. The van der Waals surface area contributed by atoms with Crippen LogP contribution in [0.4, 0.5) is 0 Å². The molecule has 0 rings (SSSR count). The van der Waals surface area contributed by atoms with Gasteiger partial charge in [0.05, 0.1) is 0 Å². The van der Waals surface area contributed by atoms with Gasteiger partial charge in [-0.2, -0.15) is 0 Å². The normalized spacial score (nSPS) is 12.3. The summed E-state index contributed by atoms with van der Waals surface area (Å²) in [4.78, 5) is 15.7. The van der Waals surface area contributed by atoms with E-state index in [-0.39, 0.29) is 0 Å². The van der Waals surface area contributed by atoms with Crippen molar-refractivity contribution in [3.8, 4) is 0 Å². The average Bonchev–Trinajstić information content (AvgIpc) is 3.18. The number of halogens is 8. The van der Waals surface area contributed by atoms with Crippen LogP contribution in [0.1, 0.15) is 89.9 Å². The molecule has 0 aliphatic heterocycles. The van der Waals surface area contributed by atoms with Gasteiger partial charge in [-0.05, 0) is 208 Å². The summed E-state index contributed by atoms with van der Waals surface area (Å²) in [5, 5.41) is 0. The lowest BCUT2D eigenvalue weighted by Gasteiger charge is -2.29. The monoisotopic (exact) mass is 924 g/mol. The molecule has 0 unspecified atom stereocenters. The predicted octanol–water partition coefficient (Wildman–Crippen LogP) is 10.2. The minimum Gasteiger partial charge on any atom is -0.303 e. The molecule has 326 valence electrons. The van der Waals surface area contributed by atoms with Gasteiger partial charge < -0.3 is 29.4 Å². The van der Waals surface area contributed by atoms with Crippen molar-refractivity contribution in [3.05, 3.63) is 0 Å². The van der Waals surface area contributed by atoms with Crippen molar-refractivity contribution in [2.75, 3.05) is 165 Å². The van der Waals surface area contributed by atoms with Gasteiger partial charge in [0.25, 0.3) is 0 Å². The Morgan fingerprint density at radius 1 is 0.148 bits per heavy atom. The van der Waals surface area contributed by atoms with E-state index >= 15 is 0 Å². The largest absolute Gasteiger partial charge is 0.303 e. The van der Waals surface area contributed by atoms with Gasteiger partial charge in [0.2, 0.25) is 0 Å². The van der Waals surface area contributed by atoms with Gasteiger partial charge in [0.1, 0.15) is 0 Å². The molecule has 0 radical (unpaired) electrons. The summed E-state index contributed by atoms with van der Waals surface area (Å²) in [6, 6.07) is 0. The second-order valence-corrected chi connectivity index (χ2v) is 17.5. The van der Waals surface area contributed by atoms with Crippen molar-refractivity contribution in [3.63, 3.8) is 0 Å². The van der Waals surface area contributed by atoms with Crippen molar-refractivity contribution in [1.29, 1.82) is 0 Å². The molecule has 0 saturated carbocycles. The van der Waals surface area contributed by atoms with E-state index in [1.807, 2.05) is 0 Å². The third-order valence-electron chi connectivity index (χ3n) is 9.86. The molecule has 0 atom stereocenters. The van der Waals surface area contributed by atoms with Gasteiger partial charge >= 0.3 is 0 Å². The standard InChI is InChI=1S/C40H80Cl8N6/c41-15-3-25-51(26-4-16-42)37-11-33-49(34-12-38-52(27-5-17-43)28-6-18-44)23-1-2-24-50(35-13-39-53(29-7-19-45)30-8-20-46)36-14-40-54(31-9-21-47)32-10-22-48/h1-40H2. The average molecular weight is 929 g/mol. The second kappa shape index (κ2) is 44.6. The maximum atomic E-state index is 6.05. The van der Waals surface area contributed by atoms with Crippen LogP contribution in [-0.2, 0) is 0 Å². The van der Waals surface area contributed by atoms with Crippen LogP contribution in [0.3, 0.4) is 0 Å². The predicted molar refractivity (Wildman–Crippen MR) is 249 cm³/mol. The fourth-order valence-electron chi connectivity index (χ4n) is 7.02. The van der Waals surface area contributed by atoms with Crippen molar-refractivity contribution >= 4 is 92.8 Å². The Morgan fingerprint density at radius 2 is 0.259 bits per heavy atom. The summed E-state index contributed by atoms with van der Waals surface area (Å²) in [7, 11) is 0. The Balaban J connectivity index is 5.42. The number of rotatable bonds is 45. The molecule has 6 nitrogen and oxygen atoms in total. The molecule has 0 amide bonds. The first-order chi connectivity index (χ1) is 26.5. The number of hydrogen-bond donors (Lipinski definition) is 0. The number of alkyl halides is 8. The summed E-state index contributed by atoms with van der Waals surface area (Å²) in [5.74, 6) is 5.71. The zero-order valence-electron chi connectivity index (χ0n) is 34.0. The fourth-order valence-corrected chi connectivity index (χ4v) is 7.98. The molecular weight excluding hydrogens is 848 g/mol. The topological polar surface area (TPSA) is 19.4 Å². The molecule has 0 aromatic heterocycles. The first kappa shape index (κ1) is 56.1. The molecule has 0 fully saturated rings. The highest BCUT2D eigenvalue weighted by Crippen LogP contribution is 2.09. The van der Waals surface area contributed by atoms with E-state index in [1.54, 1.807) is 0 Å². The van der Waals surface area contributed by atoms with Crippen LogP contribution >= 0.6 is 92.8 Å². The first-order valence-electron chi connectivity index (χ1n) is 21.3. The maximum Gasteiger partial charge on any atom is 0.0235 e. The summed E-state index contributed by atoms with van der Waals surface area (Å²) < 4.78 is 0. The molecule has 0 bridgehead atoms.